The second-order valence-corrected chi connectivity index (χ2v) is 8.11. The van der Waals surface area contributed by atoms with Gasteiger partial charge in [-0.05, 0) is 43.5 Å². The third-order valence-corrected chi connectivity index (χ3v) is 5.90. The molecule has 1 aromatic carbocycles. The number of anilines is 2. The van der Waals surface area contributed by atoms with Gasteiger partial charge in [0.25, 0.3) is 0 Å². The predicted octanol–water partition coefficient (Wildman–Crippen LogP) is 5.07. The van der Waals surface area contributed by atoms with Crippen LogP contribution >= 0.6 is 0 Å². The van der Waals surface area contributed by atoms with Gasteiger partial charge in [-0.3, -0.25) is 9.59 Å². The van der Waals surface area contributed by atoms with Gasteiger partial charge in [-0.15, -0.1) is 0 Å². The first kappa shape index (κ1) is 23.2. The maximum absolute atomic E-state index is 12.5. The van der Waals surface area contributed by atoms with Crippen LogP contribution in [0.3, 0.4) is 0 Å². The Bertz CT molecular complexity index is 622. The molecule has 0 unspecified atom stereocenters. The molecule has 1 saturated heterocycles. The van der Waals surface area contributed by atoms with E-state index in [4.69, 9.17) is 0 Å². The molecule has 1 heterocycles. The summed E-state index contributed by atoms with van der Waals surface area (Å²) in [6.07, 6.45) is 8.01. The van der Waals surface area contributed by atoms with Crippen LogP contribution in [0.1, 0.15) is 72.1 Å². The van der Waals surface area contributed by atoms with E-state index >= 15 is 0 Å². The second-order valence-electron chi connectivity index (χ2n) is 8.11. The molecule has 1 N–H and O–H groups in total. The highest BCUT2D eigenvalue weighted by atomic mass is 16.2. The lowest BCUT2D eigenvalue weighted by atomic mass is 9.98. The van der Waals surface area contributed by atoms with Gasteiger partial charge >= 0.3 is 0 Å². The monoisotopic (exact) mass is 401 g/mol. The summed E-state index contributed by atoms with van der Waals surface area (Å²) < 4.78 is 0. The topological polar surface area (TPSA) is 52.7 Å². The van der Waals surface area contributed by atoms with E-state index in [1.165, 1.54) is 0 Å². The Morgan fingerprint density at radius 2 is 1.59 bits per heavy atom. The maximum Gasteiger partial charge on any atom is 0.227 e. The van der Waals surface area contributed by atoms with Crippen LogP contribution in [0, 0.1) is 5.92 Å². The molecular weight excluding hydrogens is 362 g/mol. The molecule has 2 amide bonds. The van der Waals surface area contributed by atoms with Crippen molar-refractivity contribution in [2.45, 2.75) is 72.1 Å². The van der Waals surface area contributed by atoms with Gasteiger partial charge in [0, 0.05) is 49.9 Å². The quantitative estimate of drug-likeness (QED) is 0.527. The Labute approximate surface area is 176 Å². The van der Waals surface area contributed by atoms with Gasteiger partial charge in [0.2, 0.25) is 11.8 Å². The highest BCUT2D eigenvalue weighted by molar-refractivity contribution is 5.92. The first-order valence-corrected chi connectivity index (χ1v) is 11.5. The molecule has 0 aliphatic carbocycles. The number of carbonyl (C=O) groups excluding carboxylic acids is 2. The molecule has 2 rings (SSSR count). The van der Waals surface area contributed by atoms with Crippen LogP contribution in [0.5, 0.6) is 0 Å². The largest absolute Gasteiger partial charge is 0.368 e. The summed E-state index contributed by atoms with van der Waals surface area (Å²) in [5.41, 5.74) is 2.01. The number of hydrogen-bond acceptors (Lipinski definition) is 3. The maximum atomic E-state index is 12.5. The van der Waals surface area contributed by atoms with E-state index in [1.54, 1.807) is 0 Å². The lowest BCUT2D eigenvalue weighted by Crippen LogP contribution is -2.48. The number of nitrogens with zero attached hydrogens (tertiary/aromatic N) is 2. The van der Waals surface area contributed by atoms with E-state index in [2.05, 4.69) is 43.1 Å². The standard InChI is InChI=1S/C24H39N3O2/c1-4-7-9-11-23(28)27-18-16-26(17-19-27)22-14-12-21(13-15-22)25-24(29)20(6-3)10-8-5-2/h12-15,20H,4-11,16-19H2,1-3H3,(H,25,29)/t20-/m1/s1. The van der Waals surface area contributed by atoms with Crippen molar-refractivity contribution in [3.63, 3.8) is 0 Å². The molecule has 5 heteroatoms. The molecule has 1 aliphatic heterocycles. The van der Waals surface area contributed by atoms with Crippen LogP contribution in [0.25, 0.3) is 0 Å². The second kappa shape index (κ2) is 12.5. The van der Waals surface area contributed by atoms with E-state index in [-0.39, 0.29) is 11.8 Å². The summed E-state index contributed by atoms with van der Waals surface area (Å²) >= 11 is 0. The number of rotatable bonds is 11. The van der Waals surface area contributed by atoms with Gasteiger partial charge in [-0.25, -0.2) is 0 Å². The Hall–Kier alpha value is -2.04. The van der Waals surface area contributed by atoms with E-state index in [0.29, 0.717) is 12.3 Å². The summed E-state index contributed by atoms with van der Waals surface area (Å²) in [6.45, 7) is 9.70. The minimum atomic E-state index is 0.0950. The molecule has 0 spiro atoms. The fourth-order valence-corrected chi connectivity index (χ4v) is 3.87. The number of carbonyl (C=O) groups is 2. The smallest absolute Gasteiger partial charge is 0.227 e. The number of nitrogens with one attached hydrogen (secondary N) is 1. The number of piperazine rings is 1. The third-order valence-electron chi connectivity index (χ3n) is 5.90. The van der Waals surface area contributed by atoms with Crippen molar-refractivity contribution < 1.29 is 9.59 Å². The fourth-order valence-electron chi connectivity index (χ4n) is 3.87. The molecule has 0 aromatic heterocycles. The van der Waals surface area contributed by atoms with Gasteiger partial charge in [0.15, 0.2) is 0 Å². The first-order chi connectivity index (χ1) is 14.1. The highest BCUT2D eigenvalue weighted by Gasteiger charge is 2.21. The Morgan fingerprint density at radius 1 is 0.931 bits per heavy atom. The molecule has 0 radical (unpaired) electrons. The molecule has 0 saturated carbocycles. The zero-order valence-corrected chi connectivity index (χ0v) is 18.6. The summed E-state index contributed by atoms with van der Waals surface area (Å²) in [5, 5.41) is 3.07. The molecule has 1 atom stereocenters. The molecule has 162 valence electrons. The number of unbranched alkanes of at least 4 members (excludes halogenated alkanes) is 3. The molecule has 5 nitrogen and oxygen atoms in total. The SMILES string of the molecule is CCCCCC(=O)N1CCN(c2ccc(NC(=O)[C@H](CC)CCCC)cc2)CC1. The average Bonchev–Trinajstić information content (AvgIpc) is 2.75. The van der Waals surface area contributed by atoms with Gasteiger partial charge < -0.3 is 15.1 Å². The van der Waals surface area contributed by atoms with Crippen LogP contribution < -0.4 is 10.2 Å². The molecule has 1 fully saturated rings. The normalized spacial score (nSPS) is 15.3. The van der Waals surface area contributed by atoms with Gasteiger partial charge in [-0.1, -0.05) is 46.5 Å². The first-order valence-electron chi connectivity index (χ1n) is 11.5. The van der Waals surface area contributed by atoms with Crippen LogP contribution in [0.4, 0.5) is 11.4 Å². The molecular formula is C24H39N3O2. The van der Waals surface area contributed by atoms with E-state index < -0.39 is 0 Å². The Balaban J connectivity index is 1.82. The number of hydrogen-bond donors (Lipinski definition) is 1. The van der Waals surface area contributed by atoms with E-state index in [0.717, 1.165) is 82.5 Å². The minimum Gasteiger partial charge on any atom is -0.368 e. The molecule has 0 bridgehead atoms. The molecule has 29 heavy (non-hydrogen) atoms. The summed E-state index contributed by atoms with van der Waals surface area (Å²) in [5.74, 6) is 0.520. The van der Waals surface area contributed by atoms with Crippen molar-refractivity contribution in [3.05, 3.63) is 24.3 Å². The van der Waals surface area contributed by atoms with Crippen molar-refractivity contribution in [1.29, 1.82) is 0 Å². The highest BCUT2D eigenvalue weighted by Crippen LogP contribution is 2.21. The number of amides is 2. The van der Waals surface area contributed by atoms with E-state index in [9.17, 15) is 9.59 Å². The van der Waals surface area contributed by atoms with Crippen molar-refractivity contribution in [2.75, 3.05) is 36.4 Å². The molecule has 1 aromatic rings. The van der Waals surface area contributed by atoms with Crippen molar-refractivity contribution in [3.8, 4) is 0 Å². The van der Waals surface area contributed by atoms with Gasteiger partial charge in [0.1, 0.15) is 0 Å². The number of benzene rings is 1. The van der Waals surface area contributed by atoms with Crippen molar-refractivity contribution >= 4 is 23.2 Å². The predicted molar refractivity (Wildman–Crippen MR) is 121 cm³/mol. The summed E-state index contributed by atoms with van der Waals surface area (Å²) in [7, 11) is 0. The summed E-state index contributed by atoms with van der Waals surface area (Å²) in [6, 6.07) is 8.12. The lowest BCUT2D eigenvalue weighted by molar-refractivity contribution is -0.131. The van der Waals surface area contributed by atoms with E-state index in [1.807, 2.05) is 17.0 Å². The summed E-state index contributed by atoms with van der Waals surface area (Å²) in [4.78, 5) is 29.1. The van der Waals surface area contributed by atoms with Crippen LogP contribution in [0.15, 0.2) is 24.3 Å². The van der Waals surface area contributed by atoms with Crippen LogP contribution in [0.2, 0.25) is 0 Å². The Morgan fingerprint density at radius 3 is 2.17 bits per heavy atom. The zero-order chi connectivity index (χ0) is 21.1. The lowest BCUT2D eigenvalue weighted by Gasteiger charge is -2.36. The van der Waals surface area contributed by atoms with Crippen LogP contribution in [-0.4, -0.2) is 42.9 Å². The van der Waals surface area contributed by atoms with Gasteiger partial charge in [-0.2, -0.15) is 0 Å². The average molecular weight is 402 g/mol. The van der Waals surface area contributed by atoms with Gasteiger partial charge in [0.05, 0.1) is 0 Å². The van der Waals surface area contributed by atoms with Crippen molar-refractivity contribution in [2.24, 2.45) is 5.92 Å². The zero-order valence-electron chi connectivity index (χ0n) is 18.6. The minimum absolute atomic E-state index is 0.0950. The fraction of sp³-hybridized carbons (Fsp3) is 0.667. The van der Waals surface area contributed by atoms with Crippen LogP contribution in [-0.2, 0) is 9.59 Å². The third kappa shape index (κ3) is 7.37. The molecule has 1 aliphatic rings. The Kier molecular flexibility index (Phi) is 10.0. The van der Waals surface area contributed by atoms with Crippen molar-refractivity contribution in [1.82, 2.24) is 4.90 Å².